The van der Waals surface area contributed by atoms with Crippen molar-refractivity contribution in [3.8, 4) is 17.1 Å². The molecule has 0 spiro atoms. The highest BCUT2D eigenvalue weighted by molar-refractivity contribution is 7.98. The lowest BCUT2D eigenvalue weighted by molar-refractivity contribution is 0.534. The van der Waals surface area contributed by atoms with E-state index in [1.54, 1.807) is 24.2 Å². The number of furan rings is 1. The van der Waals surface area contributed by atoms with Crippen molar-refractivity contribution in [2.75, 3.05) is 0 Å². The van der Waals surface area contributed by atoms with Crippen molar-refractivity contribution in [1.82, 2.24) is 24.5 Å². The number of hydrogen-bond acceptors (Lipinski definition) is 5. The van der Waals surface area contributed by atoms with Crippen molar-refractivity contribution < 1.29 is 4.42 Å². The second kappa shape index (κ2) is 6.60. The van der Waals surface area contributed by atoms with E-state index in [0.717, 1.165) is 33.7 Å². The van der Waals surface area contributed by atoms with Gasteiger partial charge in [-0.2, -0.15) is 5.10 Å². The van der Waals surface area contributed by atoms with Crippen LogP contribution in [0.4, 0.5) is 0 Å². The van der Waals surface area contributed by atoms with Crippen molar-refractivity contribution in [3.63, 3.8) is 0 Å². The van der Waals surface area contributed by atoms with Crippen LogP contribution in [0.3, 0.4) is 0 Å². The molecule has 0 saturated carbocycles. The zero-order valence-electron chi connectivity index (χ0n) is 14.0. The normalized spacial score (nSPS) is 11.1. The monoisotopic (exact) mass is 351 g/mol. The van der Waals surface area contributed by atoms with Gasteiger partial charge in [0, 0.05) is 25.2 Å². The van der Waals surface area contributed by atoms with Crippen LogP contribution in [0.1, 0.15) is 11.3 Å². The Hall–Kier alpha value is -2.80. The van der Waals surface area contributed by atoms with Crippen LogP contribution in [0.5, 0.6) is 0 Å². The van der Waals surface area contributed by atoms with Gasteiger partial charge < -0.3 is 8.98 Å². The second-order valence-corrected chi connectivity index (χ2v) is 6.60. The molecule has 3 heterocycles. The molecule has 0 unspecified atom stereocenters. The molecule has 0 aliphatic carbocycles. The maximum absolute atomic E-state index is 5.36. The first-order valence-electron chi connectivity index (χ1n) is 7.88. The minimum atomic E-state index is 0.822. The van der Waals surface area contributed by atoms with Crippen molar-refractivity contribution in [2.24, 2.45) is 7.05 Å². The van der Waals surface area contributed by atoms with Crippen LogP contribution < -0.4 is 0 Å². The van der Waals surface area contributed by atoms with Gasteiger partial charge in [-0.05, 0) is 36.8 Å². The summed E-state index contributed by atoms with van der Waals surface area (Å²) in [4.78, 5) is 0. The van der Waals surface area contributed by atoms with Gasteiger partial charge in [-0.25, -0.2) is 4.68 Å². The predicted molar refractivity (Wildman–Crippen MR) is 96.6 cm³/mol. The Bertz CT molecular complexity index is 970. The van der Waals surface area contributed by atoms with Gasteiger partial charge in [0.25, 0.3) is 0 Å². The molecule has 0 aliphatic heterocycles. The van der Waals surface area contributed by atoms with Crippen LogP contribution in [0.2, 0.25) is 0 Å². The van der Waals surface area contributed by atoms with Gasteiger partial charge in [0.1, 0.15) is 5.76 Å². The van der Waals surface area contributed by atoms with E-state index in [0.29, 0.717) is 0 Å². The second-order valence-electron chi connectivity index (χ2n) is 5.66. The predicted octanol–water partition coefficient (Wildman–Crippen LogP) is 3.86. The topological polar surface area (TPSA) is 61.7 Å². The highest BCUT2D eigenvalue weighted by atomic mass is 32.2. The summed E-state index contributed by atoms with van der Waals surface area (Å²) in [6.45, 7) is 1.93. The van der Waals surface area contributed by atoms with Gasteiger partial charge in [-0.1, -0.05) is 23.9 Å². The Balaban J connectivity index is 1.47. The smallest absolute Gasteiger partial charge is 0.191 e. The number of nitrogens with zero attached hydrogens (tertiary/aromatic N) is 5. The van der Waals surface area contributed by atoms with Gasteiger partial charge in [0.05, 0.1) is 17.5 Å². The maximum atomic E-state index is 5.36. The molecule has 7 heteroatoms. The van der Waals surface area contributed by atoms with Crippen molar-refractivity contribution in [2.45, 2.75) is 17.8 Å². The Labute approximate surface area is 149 Å². The number of aryl methyl sites for hydroxylation is 1. The highest BCUT2D eigenvalue weighted by Crippen LogP contribution is 2.27. The third kappa shape index (κ3) is 3.10. The summed E-state index contributed by atoms with van der Waals surface area (Å²) in [6.07, 6.45) is 5.38. The van der Waals surface area contributed by atoms with E-state index in [1.807, 2.05) is 41.5 Å². The lowest BCUT2D eigenvalue weighted by Gasteiger charge is -2.05. The number of benzene rings is 1. The third-order valence-electron chi connectivity index (χ3n) is 4.01. The first kappa shape index (κ1) is 15.7. The molecule has 3 aromatic heterocycles. The molecule has 0 bridgehead atoms. The van der Waals surface area contributed by atoms with Gasteiger partial charge in [-0.15, -0.1) is 10.2 Å². The quantitative estimate of drug-likeness (QED) is 0.511. The largest absolute Gasteiger partial charge is 0.469 e. The molecule has 0 N–H and O–H groups in total. The summed E-state index contributed by atoms with van der Waals surface area (Å²) in [5.41, 5.74) is 3.26. The molecule has 0 atom stereocenters. The zero-order valence-corrected chi connectivity index (χ0v) is 14.8. The number of aromatic nitrogens is 5. The number of rotatable bonds is 5. The summed E-state index contributed by atoms with van der Waals surface area (Å²) in [5, 5.41) is 13.7. The number of thioether (sulfide) groups is 1. The van der Waals surface area contributed by atoms with E-state index in [-0.39, 0.29) is 0 Å². The lowest BCUT2D eigenvalue weighted by Crippen LogP contribution is -1.96. The van der Waals surface area contributed by atoms with Crippen LogP contribution >= 0.6 is 11.8 Å². The molecule has 0 aliphatic rings. The van der Waals surface area contributed by atoms with Crippen molar-refractivity contribution >= 4 is 11.8 Å². The summed E-state index contributed by atoms with van der Waals surface area (Å²) < 4.78 is 9.21. The molecule has 25 heavy (non-hydrogen) atoms. The van der Waals surface area contributed by atoms with Crippen LogP contribution in [0, 0.1) is 6.92 Å². The average molecular weight is 351 g/mol. The summed E-state index contributed by atoms with van der Waals surface area (Å²) in [7, 11) is 1.98. The molecular formula is C18H17N5OS. The Morgan fingerprint density at radius 1 is 1.12 bits per heavy atom. The van der Waals surface area contributed by atoms with Crippen LogP contribution in [-0.4, -0.2) is 24.5 Å². The molecular weight excluding hydrogens is 334 g/mol. The average Bonchev–Trinajstić information content (AvgIpc) is 3.36. The molecule has 0 saturated heterocycles. The van der Waals surface area contributed by atoms with Gasteiger partial charge in [-0.3, -0.25) is 0 Å². The third-order valence-corrected chi connectivity index (χ3v) is 5.10. The molecule has 6 nitrogen and oxygen atoms in total. The summed E-state index contributed by atoms with van der Waals surface area (Å²) in [6, 6.07) is 12.2. The molecule has 4 aromatic rings. The minimum Gasteiger partial charge on any atom is -0.469 e. The van der Waals surface area contributed by atoms with Crippen LogP contribution in [0.15, 0.2) is 64.6 Å². The fraction of sp³-hybridized carbons (Fsp3) is 0.167. The van der Waals surface area contributed by atoms with Gasteiger partial charge in [0.15, 0.2) is 11.0 Å². The molecule has 0 fully saturated rings. The van der Waals surface area contributed by atoms with E-state index in [1.165, 1.54) is 5.56 Å². The van der Waals surface area contributed by atoms with E-state index >= 15 is 0 Å². The van der Waals surface area contributed by atoms with E-state index in [2.05, 4.69) is 39.6 Å². The number of hydrogen-bond donors (Lipinski definition) is 0. The SMILES string of the molecule is Cc1occc1-c1nnc(SCc2ccc(-n3cccn3)cc2)n1C. The minimum absolute atomic E-state index is 0.822. The van der Waals surface area contributed by atoms with Crippen molar-refractivity contribution in [3.05, 3.63) is 66.4 Å². The maximum Gasteiger partial charge on any atom is 0.191 e. The fourth-order valence-corrected chi connectivity index (χ4v) is 3.47. The van der Waals surface area contributed by atoms with E-state index in [9.17, 15) is 0 Å². The van der Waals surface area contributed by atoms with Crippen LogP contribution in [0.25, 0.3) is 17.1 Å². The molecule has 4 rings (SSSR count). The summed E-state index contributed by atoms with van der Waals surface area (Å²) >= 11 is 1.66. The van der Waals surface area contributed by atoms with Gasteiger partial charge >= 0.3 is 0 Å². The molecule has 1 aromatic carbocycles. The highest BCUT2D eigenvalue weighted by Gasteiger charge is 2.14. The molecule has 126 valence electrons. The Morgan fingerprint density at radius 2 is 1.96 bits per heavy atom. The molecule has 0 amide bonds. The lowest BCUT2D eigenvalue weighted by atomic mass is 10.2. The molecule has 0 radical (unpaired) electrons. The first-order valence-corrected chi connectivity index (χ1v) is 8.86. The van der Waals surface area contributed by atoms with E-state index in [4.69, 9.17) is 4.42 Å². The first-order chi connectivity index (χ1) is 12.2. The Kier molecular flexibility index (Phi) is 4.15. The Morgan fingerprint density at radius 3 is 2.64 bits per heavy atom. The van der Waals surface area contributed by atoms with Crippen molar-refractivity contribution in [1.29, 1.82) is 0 Å². The van der Waals surface area contributed by atoms with Crippen LogP contribution in [-0.2, 0) is 12.8 Å². The van der Waals surface area contributed by atoms with Gasteiger partial charge in [0.2, 0.25) is 0 Å². The summed E-state index contributed by atoms with van der Waals surface area (Å²) in [5.74, 6) is 2.50. The zero-order chi connectivity index (χ0) is 17.2. The standard InChI is InChI=1S/C18H17N5OS/c1-13-16(8-11-24-13)17-20-21-18(22(17)2)25-12-14-4-6-15(7-5-14)23-10-3-9-19-23/h3-11H,12H2,1-2H3. The fourth-order valence-electron chi connectivity index (χ4n) is 2.61. The van der Waals surface area contributed by atoms with E-state index < -0.39 is 0 Å².